The van der Waals surface area contributed by atoms with E-state index < -0.39 is 0 Å². The minimum atomic E-state index is 0.0516. The minimum Gasteiger partial charge on any atom is -0.490 e. The molecule has 1 atom stereocenters. The molecule has 5 nitrogen and oxygen atoms in total. The first-order valence-corrected chi connectivity index (χ1v) is 9.46. The lowest BCUT2D eigenvalue weighted by atomic mass is 10.0. The van der Waals surface area contributed by atoms with E-state index >= 15 is 0 Å². The Hall–Kier alpha value is -1.75. The summed E-state index contributed by atoms with van der Waals surface area (Å²) in [6, 6.07) is 6.35. The first kappa shape index (κ1) is 18.1. The zero-order chi connectivity index (χ0) is 17.6. The monoisotopic (exact) mass is 346 g/mol. The number of likely N-dealkylation sites (tertiary alicyclic amines) is 1. The van der Waals surface area contributed by atoms with E-state index in [0.29, 0.717) is 5.92 Å². The number of carbonyl (C=O) groups excluding carboxylic acids is 1. The number of nitrogens with zero attached hydrogens (tertiary/aromatic N) is 1. The van der Waals surface area contributed by atoms with Gasteiger partial charge < -0.3 is 19.7 Å². The molecule has 25 heavy (non-hydrogen) atoms. The van der Waals surface area contributed by atoms with E-state index in [1.807, 2.05) is 4.90 Å². The first-order chi connectivity index (χ1) is 12.1. The molecule has 2 heterocycles. The smallest absolute Gasteiger partial charge is 0.317 e. The molecule has 0 aliphatic carbocycles. The van der Waals surface area contributed by atoms with Gasteiger partial charge in [-0.1, -0.05) is 12.1 Å². The molecule has 1 unspecified atom stereocenters. The van der Waals surface area contributed by atoms with E-state index in [1.165, 1.54) is 11.1 Å². The number of ether oxygens (including phenoxy) is 2. The molecule has 0 saturated carbocycles. The molecule has 0 spiro atoms. The van der Waals surface area contributed by atoms with E-state index in [-0.39, 0.29) is 12.1 Å². The maximum absolute atomic E-state index is 12.3. The van der Waals surface area contributed by atoms with Crippen LogP contribution in [0.4, 0.5) is 4.79 Å². The Kier molecular flexibility index (Phi) is 6.19. The number of hydrogen-bond acceptors (Lipinski definition) is 3. The molecule has 2 aliphatic heterocycles. The SMILES string of the molecule is Cc1ccc(C)c(OC2CCN(C(=O)NCC3CCCOC3)CC2)c1. The van der Waals surface area contributed by atoms with Crippen molar-refractivity contribution >= 4 is 6.03 Å². The number of carbonyl (C=O) groups is 1. The van der Waals surface area contributed by atoms with Crippen molar-refractivity contribution in [3.05, 3.63) is 29.3 Å². The largest absolute Gasteiger partial charge is 0.490 e. The number of amides is 2. The number of benzene rings is 1. The Bertz CT molecular complexity index is 576. The van der Waals surface area contributed by atoms with Crippen molar-refractivity contribution < 1.29 is 14.3 Å². The number of hydrogen-bond donors (Lipinski definition) is 1. The second-order valence-corrected chi connectivity index (χ2v) is 7.34. The molecule has 2 amide bonds. The summed E-state index contributed by atoms with van der Waals surface area (Å²) in [5.41, 5.74) is 2.38. The molecular weight excluding hydrogens is 316 g/mol. The topological polar surface area (TPSA) is 50.8 Å². The lowest BCUT2D eigenvalue weighted by Gasteiger charge is -2.33. The molecule has 138 valence electrons. The fraction of sp³-hybridized carbons (Fsp3) is 0.650. The predicted octanol–water partition coefficient (Wildman–Crippen LogP) is 3.28. The maximum atomic E-state index is 12.3. The molecule has 0 bridgehead atoms. The number of nitrogens with one attached hydrogen (secondary N) is 1. The van der Waals surface area contributed by atoms with Crippen molar-refractivity contribution in [2.45, 2.75) is 45.6 Å². The summed E-state index contributed by atoms with van der Waals surface area (Å²) in [5, 5.41) is 3.07. The fourth-order valence-electron chi connectivity index (χ4n) is 3.50. The zero-order valence-electron chi connectivity index (χ0n) is 15.4. The van der Waals surface area contributed by atoms with Crippen LogP contribution >= 0.6 is 0 Å². The first-order valence-electron chi connectivity index (χ1n) is 9.46. The van der Waals surface area contributed by atoms with E-state index in [1.54, 1.807) is 0 Å². The van der Waals surface area contributed by atoms with E-state index in [2.05, 4.69) is 37.4 Å². The van der Waals surface area contributed by atoms with E-state index in [9.17, 15) is 4.79 Å². The molecular formula is C20H30N2O3. The maximum Gasteiger partial charge on any atom is 0.317 e. The van der Waals surface area contributed by atoms with Gasteiger partial charge in [0.1, 0.15) is 11.9 Å². The second-order valence-electron chi connectivity index (χ2n) is 7.34. The zero-order valence-corrected chi connectivity index (χ0v) is 15.4. The average molecular weight is 346 g/mol. The summed E-state index contributed by atoms with van der Waals surface area (Å²) < 4.78 is 11.6. The number of urea groups is 1. The predicted molar refractivity (Wildman–Crippen MR) is 98.1 cm³/mol. The average Bonchev–Trinajstić information content (AvgIpc) is 2.64. The summed E-state index contributed by atoms with van der Waals surface area (Å²) in [7, 11) is 0. The van der Waals surface area contributed by atoms with Crippen LogP contribution in [0.15, 0.2) is 18.2 Å². The Morgan fingerprint density at radius 3 is 2.80 bits per heavy atom. The van der Waals surface area contributed by atoms with Crippen LogP contribution in [0.1, 0.15) is 36.8 Å². The third-order valence-corrected chi connectivity index (χ3v) is 5.16. The van der Waals surface area contributed by atoms with Gasteiger partial charge in [0.25, 0.3) is 0 Å². The van der Waals surface area contributed by atoms with Crippen LogP contribution in [0.5, 0.6) is 5.75 Å². The lowest BCUT2D eigenvalue weighted by Crippen LogP contribution is -2.48. The molecule has 3 rings (SSSR count). The number of rotatable bonds is 4. The van der Waals surface area contributed by atoms with Gasteiger partial charge in [0.05, 0.1) is 6.61 Å². The van der Waals surface area contributed by atoms with Gasteiger partial charge in [-0.3, -0.25) is 0 Å². The van der Waals surface area contributed by atoms with Gasteiger partial charge in [-0.15, -0.1) is 0 Å². The normalized spacial score (nSPS) is 21.8. The van der Waals surface area contributed by atoms with Crippen molar-refractivity contribution in [2.75, 3.05) is 32.8 Å². The van der Waals surface area contributed by atoms with Gasteiger partial charge in [-0.05, 0) is 49.8 Å². The van der Waals surface area contributed by atoms with Crippen molar-refractivity contribution in [1.29, 1.82) is 0 Å². The highest BCUT2D eigenvalue weighted by Crippen LogP contribution is 2.24. The van der Waals surface area contributed by atoms with Gasteiger partial charge in [-0.2, -0.15) is 0 Å². The molecule has 0 aromatic heterocycles. The standard InChI is InChI=1S/C20H30N2O3/c1-15-5-6-16(2)19(12-15)25-18-7-9-22(10-8-18)20(23)21-13-17-4-3-11-24-14-17/h5-6,12,17-18H,3-4,7-11,13-14H2,1-2H3,(H,21,23). The molecule has 2 aliphatic rings. The Morgan fingerprint density at radius 2 is 2.08 bits per heavy atom. The van der Waals surface area contributed by atoms with Crippen LogP contribution < -0.4 is 10.1 Å². The minimum absolute atomic E-state index is 0.0516. The third-order valence-electron chi connectivity index (χ3n) is 5.16. The van der Waals surface area contributed by atoms with E-state index in [0.717, 1.165) is 64.3 Å². The Labute approximate surface area is 150 Å². The highest BCUT2D eigenvalue weighted by Gasteiger charge is 2.25. The van der Waals surface area contributed by atoms with Crippen molar-refractivity contribution in [1.82, 2.24) is 10.2 Å². The molecule has 1 aromatic carbocycles. The van der Waals surface area contributed by atoms with Gasteiger partial charge in [0, 0.05) is 39.1 Å². The molecule has 2 saturated heterocycles. The van der Waals surface area contributed by atoms with Crippen LogP contribution in [-0.2, 0) is 4.74 Å². The summed E-state index contributed by atoms with van der Waals surface area (Å²) in [5.74, 6) is 1.43. The Balaban J connectivity index is 1.41. The van der Waals surface area contributed by atoms with E-state index in [4.69, 9.17) is 9.47 Å². The molecule has 0 radical (unpaired) electrons. The quantitative estimate of drug-likeness (QED) is 0.910. The van der Waals surface area contributed by atoms with Crippen molar-refractivity contribution in [3.8, 4) is 5.75 Å². The van der Waals surface area contributed by atoms with Crippen LogP contribution in [0.3, 0.4) is 0 Å². The fourth-order valence-corrected chi connectivity index (χ4v) is 3.50. The molecule has 5 heteroatoms. The highest BCUT2D eigenvalue weighted by atomic mass is 16.5. The summed E-state index contributed by atoms with van der Waals surface area (Å²) in [6.07, 6.45) is 4.20. The summed E-state index contributed by atoms with van der Waals surface area (Å²) in [4.78, 5) is 14.2. The Morgan fingerprint density at radius 1 is 1.28 bits per heavy atom. The van der Waals surface area contributed by atoms with Gasteiger partial charge in [-0.25, -0.2) is 4.79 Å². The summed E-state index contributed by atoms with van der Waals surface area (Å²) >= 11 is 0. The molecule has 1 N–H and O–H groups in total. The second kappa shape index (κ2) is 8.56. The van der Waals surface area contributed by atoms with Gasteiger partial charge in [0.2, 0.25) is 0 Å². The third kappa shape index (κ3) is 5.11. The summed E-state index contributed by atoms with van der Waals surface area (Å²) in [6.45, 7) is 8.01. The number of piperidine rings is 1. The lowest BCUT2D eigenvalue weighted by molar-refractivity contribution is 0.0545. The molecule has 1 aromatic rings. The van der Waals surface area contributed by atoms with Crippen LogP contribution in [-0.4, -0.2) is 49.9 Å². The molecule has 2 fully saturated rings. The van der Waals surface area contributed by atoms with Gasteiger partial charge in [0.15, 0.2) is 0 Å². The highest BCUT2D eigenvalue weighted by molar-refractivity contribution is 5.74. The van der Waals surface area contributed by atoms with Crippen molar-refractivity contribution in [3.63, 3.8) is 0 Å². The van der Waals surface area contributed by atoms with Gasteiger partial charge >= 0.3 is 6.03 Å². The van der Waals surface area contributed by atoms with Crippen LogP contribution in [0.2, 0.25) is 0 Å². The van der Waals surface area contributed by atoms with Crippen LogP contribution in [0.25, 0.3) is 0 Å². The van der Waals surface area contributed by atoms with Crippen LogP contribution in [0, 0.1) is 19.8 Å². The van der Waals surface area contributed by atoms with Crippen molar-refractivity contribution in [2.24, 2.45) is 5.92 Å². The number of aryl methyl sites for hydroxylation is 2.